The van der Waals surface area contributed by atoms with Gasteiger partial charge in [0.15, 0.2) is 11.2 Å². The van der Waals surface area contributed by atoms with Gasteiger partial charge in [0, 0.05) is 7.05 Å². The Morgan fingerprint density at radius 2 is 1.86 bits per heavy atom. The Kier molecular flexibility index (Phi) is 6.97. The second kappa shape index (κ2) is 10.3. The summed E-state index contributed by atoms with van der Waals surface area (Å²) in [7, 11) is 3.10. The summed E-state index contributed by atoms with van der Waals surface area (Å²) >= 11 is 0. The van der Waals surface area contributed by atoms with Crippen LogP contribution in [0.4, 0.5) is 5.95 Å². The number of aryl methyl sites for hydroxylation is 1. The third-order valence-electron chi connectivity index (χ3n) is 5.42. The lowest BCUT2D eigenvalue weighted by Gasteiger charge is -2.15. The molecule has 0 radical (unpaired) electrons. The summed E-state index contributed by atoms with van der Waals surface area (Å²) in [5, 5.41) is 15.0. The number of para-hydroxylation sites is 1. The van der Waals surface area contributed by atoms with Crippen molar-refractivity contribution < 1.29 is 14.6 Å². The summed E-state index contributed by atoms with van der Waals surface area (Å²) in [5.74, 6) is 1.53. The highest BCUT2D eigenvalue weighted by Gasteiger charge is 2.20. The number of hydrogen-bond acceptors (Lipinski definition) is 8. The maximum atomic E-state index is 12.6. The molecule has 0 aliphatic carbocycles. The topological polar surface area (TPSA) is 136 Å². The Morgan fingerprint density at radius 3 is 2.54 bits per heavy atom. The number of nitrogens with zero attached hydrogens (tertiary/aromatic N) is 4. The van der Waals surface area contributed by atoms with E-state index in [2.05, 4.69) is 20.5 Å². The number of imidazole rings is 1. The van der Waals surface area contributed by atoms with Crippen LogP contribution >= 0.6 is 0 Å². The van der Waals surface area contributed by atoms with E-state index in [4.69, 9.17) is 9.47 Å². The molecule has 182 valence electrons. The number of aliphatic hydroxyl groups excluding tert-OH is 1. The second-order valence-corrected chi connectivity index (χ2v) is 7.85. The molecule has 11 nitrogen and oxygen atoms in total. The van der Waals surface area contributed by atoms with Crippen molar-refractivity contribution in [3.05, 3.63) is 81.0 Å². The zero-order valence-corrected chi connectivity index (χ0v) is 19.6. The van der Waals surface area contributed by atoms with Crippen molar-refractivity contribution in [3.8, 4) is 11.5 Å². The van der Waals surface area contributed by atoms with E-state index in [0.717, 1.165) is 11.3 Å². The first kappa shape index (κ1) is 23.8. The van der Waals surface area contributed by atoms with Gasteiger partial charge < -0.3 is 19.1 Å². The summed E-state index contributed by atoms with van der Waals surface area (Å²) < 4.78 is 13.5. The molecule has 2 heterocycles. The van der Waals surface area contributed by atoms with Crippen molar-refractivity contribution in [2.75, 3.05) is 19.1 Å². The average molecular weight is 479 g/mol. The van der Waals surface area contributed by atoms with Crippen molar-refractivity contribution in [2.45, 2.75) is 19.6 Å². The number of aromatic amines is 1. The number of aliphatic hydroxyl groups is 1. The summed E-state index contributed by atoms with van der Waals surface area (Å²) in [6.07, 6.45) is -0.976. The molecule has 0 bridgehead atoms. The lowest BCUT2D eigenvalue weighted by Crippen LogP contribution is -2.30. The van der Waals surface area contributed by atoms with E-state index >= 15 is 0 Å². The highest BCUT2D eigenvalue weighted by Crippen LogP contribution is 2.18. The Labute approximate surface area is 200 Å². The van der Waals surface area contributed by atoms with Gasteiger partial charge in [-0.15, -0.1) is 0 Å². The fourth-order valence-corrected chi connectivity index (χ4v) is 3.50. The van der Waals surface area contributed by atoms with Crippen molar-refractivity contribution in [1.29, 1.82) is 0 Å². The summed E-state index contributed by atoms with van der Waals surface area (Å²) in [5.41, 5.74) is 3.46. The molecule has 0 saturated carbocycles. The van der Waals surface area contributed by atoms with Gasteiger partial charge in [-0.2, -0.15) is 10.1 Å². The number of nitrogens with one attached hydrogen (secondary N) is 2. The minimum absolute atomic E-state index is 0.0130. The van der Waals surface area contributed by atoms with E-state index in [9.17, 15) is 14.7 Å². The molecule has 0 aliphatic heterocycles. The van der Waals surface area contributed by atoms with E-state index in [1.54, 1.807) is 19.2 Å². The second-order valence-electron chi connectivity index (χ2n) is 7.85. The number of fused-ring (bicyclic) bond motifs is 1. The molecule has 0 fully saturated rings. The van der Waals surface area contributed by atoms with Gasteiger partial charge in [0.2, 0.25) is 5.95 Å². The number of methoxy groups -OCH3 is 1. The molecule has 0 saturated heterocycles. The normalized spacial score (nSPS) is 12.5. The Morgan fingerprint density at radius 1 is 1.14 bits per heavy atom. The first-order valence-electron chi connectivity index (χ1n) is 10.9. The van der Waals surface area contributed by atoms with Crippen LogP contribution in [-0.4, -0.2) is 49.7 Å². The lowest BCUT2D eigenvalue weighted by molar-refractivity contribution is 0.0938. The van der Waals surface area contributed by atoms with Gasteiger partial charge >= 0.3 is 5.69 Å². The number of ether oxygens (including phenoxy) is 2. The molecule has 2 aromatic heterocycles. The van der Waals surface area contributed by atoms with E-state index in [0.29, 0.717) is 11.5 Å². The highest BCUT2D eigenvalue weighted by atomic mass is 16.5. The molecule has 2 aromatic carbocycles. The zero-order valence-electron chi connectivity index (χ0n) is 19.6. The smallest absolute Gasteiger partial charge is 0.329 e. The first-order chi connectivity index (χ1) is 16.9. The monoisotopic (exact) mass is 478 g/mol. The Bertz CT molecular complexity index is 1450. The lowest BCUT2D eigenvalue weighted by atomic mass is 10.1. The van der Waals surface area contributed by atoms with Gasteiger partial charge in [0.1, 0.15) is 24.2 Å². The third-order valence-corrected chi connectivity index (χ3v) is 5.42. The molecule has 0 spiro atoms. The number of H-pyrrole nitrogens is 1. The molecular formula is C24H26N6O5. The fraction of sp³-hybridized carbons (Fsp3) is 0.250. The van der Waals surface area contributed by atoms with Gasteiger partial charge in [-0.25, -0.2) is 10.2 Å². The molecule has 0 unspecified atom stereocenters. The van der Waals surface area contributed by atoms with Crippen molar-refractivity contribution in [1.82, 2.24) is 19.1 Å². The first-order valence-corrected chi connectivity index (χ1v) is 10.9. The van der Waals surface area contributed by atoms with E-state index < -0.39 is 17.4 Å². The number of anilines is 1. The molecule has 4 aromatic rings. The Balaban J connectivity index is 1.64. The van der Waals surface area contributed by atoms with E-state index in [1.807, 2.05) is 49.4 Å². The van der Waals surface area contributed by atoms with Crippen molar-refractivity contribution in [2.24, 2.45) is 12.1 Å². The molecule has 35 heavy (non-hydrogen) atoms. The third kappa shape index (κ3) is 5.25. The van der Waals surface area contributed by atoms with Crippen LogP contribution < -0.4 is 26.1 Å². The predicted octanol–water partition coefficient (Wildman–Crippen LogP) is 1.71. The molecule has 11 heteroatoms. The molecule has 4 rings (SSSR count). The molecule has 0 amide bonds. The number of aromatic nitrogens is 4. The van der Waals surface area contributed by atoms with Crippen LogP contribution in [0.3, 0.4) is 0 Å². The maximum absolute atomic E-state index is 12.6. The molecular weight excluding hydrogens is 452 g/mol. The van der Waals surface area contributed by atoms with E-state index in [-0.39, 0.29) is 30.3 Å². The SMILES string of the molecule is COc1ccc(C(C)=NNc2nc3c(c(=O)[nH]c(=O)n3C)n2C[C@H](O)COc2ccccc2)cc1. The van der Waals surface area contributed by atoms with Crippen LogP contribution in [0.5, 0.6) is 11.5 Å². The largest absolute Gasteiger partial charge is 0.497 e. The number of hydrazone groups is 1. The van der Waals surface area contributed by atoms with Gasteiger partial charge in [0.05, 0.1) is 19.4 Å². The predicted molar refractivity (Wildman–Crippen MR) is 132 cm³/mol. The van der Waals surface area contributed by atoms with Gasteiger partial charge in [-0.05, 0) is 48.9 Å². The van der Waals surface area contributed by atoms with Crippen LogP contribution in [0.2, 0.25) is 0 Å². The average Bonchev–Trinajstić information content (AvgIpc) is 3.24. The number of rotatable bonds is 9. The minimum Gasteiger partial charge on any atom is -0.497 e. The standard InChI is InChI=1S/C24H26N6O5/c1-15(16-9-11-18(34-3)12-10-16)27-28-23-25-21-20(22(32)26-24(33)29(21)2)30(23)13-17(31)14-35-19-7-5-4-6-8-19/h4-12,17,31H,13-14H2,1-3H3,(H,25,28)(H,26,32,33)/t17-/m0/s1. The summed E-state index contributed by atoms with van der Waals surface area (Å²) in [6, 6.07) is 16.5. The van der Waals surface area contributed by atoms with Crippen LogP contribution in [0.1, 0.15) is 12.5 Å². The summed E-state index contributed by atoms with van der Waals surface area (Å²) in [4.78, 5) is 31.4. The molecule has 3 N–H and O–H groups in total. The van der Waals surface area contributed by atoms with Crippen molar-refractivity contribution in [3.63, 3.8) is 0 Å². The fourth-order valence-electron chi connectivity index (χ4n) is 3.50. The maximum Gasteiger partial charge on any atom is 0.329 e. The van der Waals surface area contributed by atoms with Crippen LogP contribution in [0.25, 0.3) is 11.2 Å². The zero-order chi connectivity index (χ0) is 24.9. The Hall–Kier alpha value is -4.38. The molecule has 1 atom stereocenters. The van der Waals surface area contributed by atoms with Gasteiger partial charge in [-0.1, -0.05) is 18.2 Å². The van der Waals surface area contributed by atoms with Crippen LogP contribution in [-0.2, 0) is 13.6 Å². The van der Waals surface area contributed by atoms with Gasteiger partial charge in [-0.3, -0.25) is 14.3 Å². The highest BCUT2D eigenvalue weighted by molar-refractivity contribution is 5.99. The van der Waals surface area contributed by atoms with Crippen LogP contribution in [0.15, 0.2) is 69.3 Å². The summed E-state index contributed by atoms with van der Waals surface area (Å²) in [6.45, 7) is 1.78. The minimum atomic E-state index is -0.976. The quantitative estimate of drug-likeness (QED) is 0.246. The molecule has 0 aliphatic rings. The number of benzene rings is 2. The van der Waals surface area contributed by atoms with Gasteiger partial charge in [0.25, 0.3) is 5.56 Å². The van der Waals surface area contributed by atoms with Crippen molar-refractivity contribution >= 4 is 22.8 Å². The van der Waals surface area contributed by atoms with E-state index in [1.165, 1.54) is 16.2 Å². The number of hydrogen-bond donors (Lipinski definition) is 3. The van der Waals surface area contributed by atoms with Crippen LogP contribution in [0, 0.1) is 0 Å².